The molecular weight excluding hydrogens is 789 g/mol. The van der Waals surface area contributed by atoms with Crippen LogP contribution in [-0.2, 0) is 0 Å². The van der Waals surface area contributed by atoms with Crippen LogP contribution in [0.1, 0.15) is 54.8 Å². The molecule has 0 radical (unpaired) electrons. The molecule has 0 aliphatic rings. The number of rotatable bonds is 7. The zero-order chi connectivity index (χ0) is 77.7. The number of hydrogen-bond donors (Lipinski definition) is 0. The first-order valence-electron chi connectivity index (χ1n) is 39.0. The molecule has 0 aliphatic carbocycles. The molecule has 0 spiro atoms. The largest absolute Gasteiger partial charge is 0.455 e. The summed E-state index contributed by atoms with van der Waals surface area (Å²) in [6.07, 6.45) is 0. The normalized spacial score (nSPS) is 20.3. The lowest BCUT2D eigenvalue weighted by Crippen LogP contribution is -2.12. The van der Waals surface area contributed by atoms with Crippen LogP contribution >= 0.6 is 0 Å². The zero-order valence-corrected chi connectivity index (χ0v) is 32.3. The summed E-state index contributed by atoms with van der Waals surface area (Å²) < 4.78 is 379. The van der Waals surface area contributed by atoms with Crippen LogP contribution in [0.25, 0.3) is 104 Å². The van der Waals surface area contributed by atoms with Crippen LogP contribution < -0.4 is 4.90 Å². The molecule has 13 aromatic rings. The van der Waals surface area contributed by atoms with Crippen LogP contribution in [0.15, 0.2) is 246 Å². The minimum Gasteiger partial charge on any atom is -0.455 e. The number of hydrogen-bond acceptors (Lipinski definition) is 2. The maximum Gasteiger partial charge on any atom is 0.145 e. The molecule has 2 heterocycles. The first-order chi connectivity index (χ1) is 48.9. The van der Waals surface area contributed by atoms with Crippen molar-refractivity contribution in [2.24, 2.45) is 0 Å². The van der Waals surface area contributed by atoms with Gasteiger partial charge in [0.2, 0.25) is 0 Å². The van der Waals surface area contributed by atoms with E-state index in [1.807, 2.05) is 0 Å². The fraction of sp³-hybridized carbons (Fsp3) is 0. The van der Waals surface area contributed by atoms with Crippen LogP contribution in [0.5, 0.6) is 0 Å². The van der Waals surface area contributed by atoms with E-state index in [0.717, 1.165) is 0 Å². The van der Waals surface area contributed by atoms with Crippen molar-refractivity contribution in [3.63, 3.8) is 0 Å². The predicted octanol–water partition coefficient (Wildman–Crippen LogP) is 17.5. The van der Waals surface area contributed by atoms with Crippen molar-refractivity contribution in [3.05, 3.63) is 242 Å². The number of aromatic nitrogens is 1. The van der Waals surface area contributed by atoms with Crippen molar-refractivity contribution in [3.8, 4) is 39.1 Å². The van der Waals surface area contributed by atoms with Crippen molar-refractivity contribution in [2.45, 2.75) is 0 Å². The average Bonchev–Trinajstić information content (AvgIpc) is 1.61. The van der Waals surface area contributed by atoms with Gasteiger partial charge >= 0.3 is 0 Å². The molecule has 0 N–H and O–H groups in total. The molecule has 0 bridgehead atoms. The van der Waals surface area contributed by atoms with Gasteiger partial charge in [0.05, 0.1) is 82.8 Å². The molecule has 13 rings (SSSR count). The number of fused-ring (bicyclic) bond motifs is 8. The Morgan fingerprint density at radius 1 is 0.354 bits per heavy atom. The summed E-state index contributed by atoms with van der Waals surface area (Å²) in [5.41, 5.74) is -15.8. The lowest BCUT2D eigenvalue weighted by Gasteiger charge is -2.29. The lowest BCUT2D eigenvalue weighted by atomic mass is 9.95. The maximum atomic E-state index is 10.5. The maximum absolute atomic E-state index is 10.5. The number of para-hydroxylation sites is 4. The zero-order valence-electron chi connectivity index (χ0n) is 72.3. The number of benzene rings is 11. The lowest BCUT2D eigenvalue weighted by molar-refractivity contribution is 0.670. The van der Waals surface area contributed by atoms with Crippen LogP contribution in [0.2, 0.25) is 0 Å². The van der Waals surface area contributed by atoms with Gasteiger partial charge in [-0.3, -0.25) is 0 Å². The molecule has 3 heteroatoms. The quantitative estimate of drug-likeness (QED) is 0.159. The molecule has 304 valence electrons. The summed E-state index contributed by atoms with van der Waals surface area (Å²) >= 11 is 0. The van der Waals surface area contributed by atoms with E-state index in [1.54, 1.807) is 0 Å². The minimum absolute atomic E-state index is 0.185. The fourth-order valence-corrected chi connectivity index (χ4v) is 7.53. The summed E-state index contributed by atoms with van der Waals surface area (Å²) in [7, 11) is 0. The highest BCUT2D eigenvalue weighted by atomic mass is 16.3. The van der Waals surface area contributed by atoms with Crippen molar-refractivity contribution < 1.29 is 59.2 Å². The molecule has 0 unspecified atom stereocenters. The van der Waals surface area contributed by atoms with Gasteiger partial charge in [-0.05, 0) is 104 Å². The van der Waals surface area contributed by atoms with E-state index in [1.165, 1.54) is 0 Å². The standard InChI is InChI=1S/C62H40N2O/c1-3-19-47-41(15-1)17-13-25-49(47)43-31-35-45(36-32-43)63(46-37-33-44(34-38-46)50-26-14-18-42-16-2-4-20-48(42)50)59-40-39-54-53-23-8-12-30-60(53)65-62(54)61(59)55-24-7-11-29-58(55)64-56-27-9-5-21-51(56)52-22-6-10-28-57(52)64/h1-40H/i1D,2D,3D,4D,5D,6D,7D,8D,9D,10D,11D,12D,13D,14D,15D,16D,17D,18D,19D,20D,21D,22D,23D,24D,25D,26D,27D,28D,29D,30D,31D,32D,33D,34D,35D,36D,37D,38D,39D,40D. The molecule has 0 saturated heterocycles. The highest BCUT2D eigenvalue weighted by Gasteiger charge is 2.26. The predicted molar refractivity (Wildman–Crippen MR) is 274 cm³/mol. The van der Waals surface area contributed by atoms with Crippen LogP contribution in [0.3, 0.4) is 0 Å². The van der Waals surface area contributed by atoms with Gasteiger partial charge in [0, 0.05) is 38.5 Å². The molecule has 0 fully saturated rings. The molecular formula is C62H40N2O. The van der Waals surface area contributed by atoms with Gasteiger partial charge in [-0.25, -0.2) is 0 Å². The van der Waals surface area contributed by atoms with Crippen LogP contribution in [-0.4, -0.2) is 4.57 Å². The molecule has 65 heavy (non-hydrogen) atoms. The van der Waals surface area contributed by atoms with Crippen molar-refractivity contribution in [1.29, 1.82) is 0 Å². The second kappa shape index (κ2) is 15.0. The number of anilines is 3. The van der Waals surface area contributed by atoms with Gasteiger partial charge in [0.15, 0.2) is 0 Å². The Morgan fingerprint density at radius 3 is 1.42 bits per heavy atom. The number of furan rings is 1. The van der Waals surface area contributed by atoms with E-state index in [9.17, 15) is 28.8 Å². The Morgan fingerprint density at radius 2 is 0.815 bits per heavy atom. The Hall–Kier alpha value is -8.66. The second-order valence-electron chi connectivity index (χ2n) is 13.8. The molecule has 2 aromatic heterocycles. The molecule has 11 aromatic carbocycles. The van der Waals surface area contributed by atoms with E-state index in [2.05, 4.69) is 0 Å². The molecule has 0 amide bonds. The highest BCUT2D eigenvalue weighted by Crippen LogP contribution is 2.49. The summed E-state index contributed by atoms with van der Waals surface area (Å²) in [5, 5.41) is -6.24. The van der Waals surface area contributed by atoms with Gasteiger partial charge in [-0.1, -0.05) is 181 Å². The van der Waals surface area contributed by atoms with Gasteiger partial charge < -0.3 is 13.9 Å². The Kier molecular flexibility index (Phi) is 3.39. The molecule has 0 saturated carbocycles. The third-order valence-electron chi connectivity index (χ3n) is 10.3. The van der Waals surface area contributed by atoms with Gasteiger partial charge in [-0.15, -0.1) is 0 Å². The topological polar surface area (TPSA) is 21.3 Å². The first-order valence-corrected chi connectivity index (χ1v) is 19.0. The average molecular weight is 869 g/mol. The van der Waals surface area contributed by atoms with Crippen LogP contribution in [0, 0.1) is 0 Å². The SMILES string of the molecule is [2H]c1c([2H])c([2H])c(-n2c3c([2H])c([2H])c([2H])c([2H])c3c3c([2H])c([2H])c([2H])c([2H])c32)c(-c2c(N(c3c([2H])c([2H])c(-c4c([2H])c([2H])c([2H])c5c([2H])c([2H])c([2H])c([2H])c45)c([2H])c3[2H])c3c([2H])c([2H])c(-c4c([2H])c([2H])c([2H])c5c([2H])c([2H])c([2H])c([2H])c45)c([2H])c3[2H])c([2H])c([2H])c3c2oc2c([2H])c([2H])c([2H])c([2H])c23)c1[2H]. The summed E-state index contributed by atoms with van der Waals surface area (Å²) in [4.78, 5) is 0.185. The molecule has 0 atom stereocenters. The third kappa shape index (κ3) is 5.97. The molecule has 0 aliphatic heterocycles. The molecule has 3 nitrogen and oxygen atoms in total. The van der Waals surface area contributed by atoms with E-state index in [0.29, 0.717) is 4.57 Å². The van der Waals surface area contributed by atoms with Gasteiger partial charge in [0.1, 0.15) is 11.2 Å². The summed E-state index contributed by atoms with van der Waals surface area (Å²) in [6, 6.07) is -46.7. The summed E-state index contributed by atoms with van der Waals surface area (Å²) in [5.74, 6) is 0. The van der Waals surface area contributed by atoms with Crippen LogP contribution in [0.4, 0.5) is 17.1 Å². The van der Waals surface area contributed by atoms with Crippen molar-refractivity contribution in [1.82, 2.24) is 4.57 Å². The third-order valence-corrected chi connectivity index (χ3v) is 10.3. The van der Waals surface area contributed by atoms with Gasteiger partial charge in [0.25, 0.3) is 0 Å². The van der Waals surface area contributed by atoms with E-state index < -0.39 is 363 Å². The highest BCUT2D eigenvalue weighted by molar-refractivity contribution is 6.15. The fourth-order valence-electron chi connectivity index (χ4n) is 7.53. The minimum atomic E-state index is -1.52. The van der Waals surface area contributed by atoms with Gasteiger partial charge in [-0.2, -0.15) is 0 Å². The van der Waals surface area contributed by atoms with E-state index in [4.69, 9.17) is 30.5 Å². The monoisotopic (exact) mass is 869 g/mol. The Balaban J connectivity index is 1.34. The summed E-state index contributed by atoms with van der Waals surface area (Å²) in [6.45, 7) is 0. The smallest absolute Gasteiger partial charge is 0.145 e. The van der Waals surface area contributed by atoms with Crippen molar-refractivity contribution >= 4 is 82.4 Å². The number of nitrogens with zero attached hydrogens (tertiary/aromatic N) is 2. The Bertz CT molecular complexity index is 6010. The second-order valence-corrected chi connectivity index (χ2v) is 13.8. The van der Waals surface area contributed by atoms with E-state index >= 15 is 0 Å². The van der Waals surface area contributed by atoms with E-state index in [-0.39, 0.29) is 4.90 Å². The Labute approximate surface area is 432 Å². The van der Waals surface area contributed by atoms with Crippen molar-refractivity contribution in [2.75, 3.05) is 4.90 Å². The first kappa shape index (κ1) is 14.7.